The summed E-state index contributed by atoms with van der Waals surface area (Å²) in [4.78, 5) is 7.13. The van der Waals surface area contributed by atoms with Crippen LogP contribution in [0.3, 0.4) is 0 Å². The number of rotatable bonds is 5. The van der Waals surface area contributed by atoms with Crippen molar-refractivity contribution in [3.8, 4) is 0 Å². The van der Waals surface area contributed by atoms with Crippen molar-refractivity contribution in [2.24, 2.45) is 11.7 Å². The van der Waals surface area contributed by atoms with E-state index in [0.717, 1.165) is 25.6 Å². The lowest BCUT2D eigenvalue weighted by atomic mass is 9.75. The van der Waals surface area contributed by atoms with Gasteiger partial charge in [-0.15, -0.1) is 0 Å². The number of pyridine rings is 1. The Morgan fingerprint density at radius 3 is 2.90 bits per heavy atom. The van der Waals surface area contributed by atoms with Crippen molar-refractivity contribution in [3.63, 3.8) is 0 Å². The first kappa shape index (κ1) is 15.5. The van der Waals surface area contributed by atoms with Gasteiger partial charge in [0, 0.05) is 24.8 Å². The Labute approximate surface area is 123 Å². The molecule has 1 aromatic heterocycles. The molecule has 0 aliphatic heterocycles. The molecule has 1 saturated carbocycles. The van der Waals surface area contributed by atoms with Gasteiger partial charge in [-0.05, 0) is 43.9 Å². The van der Waals surface area contributed by atoms with Crippen LogP contribution in [-0.2, 0) is 6.54 Å². The van der Waals surface area contributed by atoms with Crippen LogP contribution < -0.4 is 5.73 Å². The van der Waals surface area contributed by atoms with Crippen molar-refractivity contribution in [3.05, 3.63) is 29.6 Å². The second-order valence-electron chi connectivity index (χ2n) is 6.41. The third-order valence-electron chi connectivity index (χ3n) is 4.96. The highest BCUT2D eigenvalue weighted by Crippen LogP contribution is 2.37. The minimum atomic E-state index is 0.177. The van der Waals surface area contributed by atoms with Crippen molar-refractivity contribution < 1.29 is 0 Å². The highest BCUT2D eigenvalue weighted by atomic mass is 15.2. The van der Waals surface area contributed by atoms with Gasteiger partial charge < -0.3 is 5.73 Å². The standard InChI is InChI=1S/C17H29N3/c1-4-20(12-16-15(3)8-6-10-19-16)17(13-18)9-5-7-14(2)11-17/h6,8,10,14H,4-5,7,9,11-13,18H2,1-3H3. The first-order valence-electron chi connectivity index (χ1n) is 7.97. The quantitative estimate of drug-likeness (QED) is 0.897. The number of aromatic nitrogens is 1. The summed E-state index contributed by atoms with van der Waals surface area (Å²) in [5.41, 5.74) is 8.86. The van der Waals surface area contributed by atoms with Gasteiger partial charge in [-0.3, -0.25) is 9.88 Å². The topological polar surface area (TPSA) is 42.2 Å². The molecule has 0 spiro atoms. The van der Waals surface area contributed by atoms with Crippen molar-refractivity contribution >= 4 is 0 Å². The van der Waals surface area contributed by atoms with Crippen LogP contribution in [0.4, 0.5) is 0 Å². The van der Waals surface area contributed by atoms with Gasteiger partial charge in [-0.2, -0.15) is 0 Å². The molecule has 1 heterocycles. The fourth-order valence-electron chi connectivity index (χ4n) is 3.71. The molecule has 0 aromatic carbocycles. The molecular formula is C17H29N3. The summed E-state index contributed by atoms with van der Waals surface area (Å²) in [5.74, 6) is 0.783. The summed E-state index contributed by atoms with van der Waals surface area (Å²) in [7, 11) is 0. The molecular weight excluding hydrogens is 246 g/mol. The van der Waals surface area contributed by atoms with Crippen LogP contribution in [-0.4, -0.2) is 28.5 Å². The number of hydrogen-bond acceptors (Lipinski definition) is 3. The third-order valence-corrected chi connectivity index (χ3v) is 4.96. The molecule has 1 fully saturated rings. The molecule has 0 bridgehead atoms. The largest absolute Gasteiger partial charge is 0.329 e. The Morgan fingerprint density at radius 2 is 2.30 bits per heavy atom. The average Bonchev–Trinajstić information content (AvgIpc) is 2.46. The van der Waals surface area contributed by atoms with Gasteiger partial charge in [-0.1, -0.05) is 32.8 Å². The van der Waals surface area contributed by atoms with Crippen LogP contribution in [0.25, 0.3) is 0 Å². The Hall–Kier alpha value is -0.930. The van der Waals surface area contributed by atoms with Crippen LogP contribution in [0.5, 0.6) is 0 Å². The van der Waals surface area contributed by atoms with Gasteiger partial charge in [0.2, 0.25) is 0 Å². The molecule has 3 heteroatoms. The highest BCUT2D eigenvalue weighted by molar-refractivity contribution is 5.18. The van der Waals surface area contributed by atoms with Crippen LogP contribution in [0, 0.1) is 12.8 Å². The highest BCUT2D eigenvalue weighted by Gasteiger charge is 2.38. The molecule has 2 atom stereocenters. The van der Waals surface area contributed by atoms with E-state index < -0.39 is 0 Å². The van der Waals surface area contributed by atoms with Gasteiger partial charge in [0.05, 0.1) is 5.69 Å². The van der Waals surface area contributed by atoms with Gasteiger partial charge in [0.15, 0.2) is 0 Å². The van der Waals surface area contributed by atoms with Crippen molar-refractivity contribution in [1.82, 2.24) is 9.88 Å². The summed E-state index contributed by atoms with van der Waals surface area (Å²) in [5, 5.41) is 0. The molecule has 1 aromatic rings. The van der Waals surface area contributed by atoms with E-state index >= 15 is 0 Å². The van der Waals surface area contributed by atoms with Crippen LogP contribution in [0.1, 0.15) is 50.8 Å². The molecule has 3 nitrogen and oxygen atoms in total. The molecule has 0 radical (unpaired) electrons. The fraction of sp³-hybridized carbons (Fsp3) is 0.706. The molecule has 0 saturated heterocycles. The number of nitrogens with zero attached hydrogens (tertiary/aromatic N) is 2. The zero-order valence-corrected chi connectivity index (χ0v) is 13.2. The Morgan fingerprint density at radius 1 is 1.50 bits per heavy atom. The Kier molecular flexibility index (Phi) is 5.17. The molecule has 2 unspecified atom stereocenters. The van der Waals surface area contributed by atoms with E-state index in [0.29, 0.717) is 0 Å². The minimum Gasteiger partial charge on any atom is -0.329 e. The summed E-state index contributed by atoms with van der Waals surface area (Å²) in [6, 6.07) is 4.16. The normalized spacial score (nSPS) is 26.9. The SMILES string of the molecule is CCN(Cc1ncccc1C)C1(CN)CCCC(C)C1. The van der Waals surface area contributed by atoms with Gasteiger partial charge in [0.1, 0.15) is 0 Å². The summed E-state index contributed by atoms with van der Waals surface area (Å²) in [6.45, 7) is 9.48. The number of hydrogen-bond donors (Lipinski definition) is 1. The Bertz CT molecular complexity index is 432. The fourth-order valence-corrected chi connectivity index (χ4v) is 3.71. The van der Waals surface area contributed by atoms with Gasteiger partial charge >= 0.3 is 0 Å². The van der Waals surface area contributed by atoms with Crippen LogP contribution >= 0.6 is 0 Å². The summed E-state index contributed by atoms with van der Waals surface area (Å²) in [6.07, 6.45) is 7.00. The predicted molar refractivity (Wildman–Crippen MR) is 84.5 cm³/mol. The second kappa shape index (κ2) is 6.68. The van der Waals surface area contributed by atoms with E-state index in [4.69, 9.17) is 5.73 Å². The van der Waals surface area contributed by atoms with E-state index in [-0.39, 0.29) is 5.54 Å². The minimum absolute atomic E-state index is 0.177. The zero-order chi connectivity index (χ0) is 14.6. The molecule has 1 aliphatic carbocycles. The molecule has 1 aliphatic rings. The van der Waals surface area contributed by atoms with Crippen molar-refractivity contribution in [1.29, 1.82) is 0 Å². The van der Waals surface area contributed by atoms with E-state index in [2.05, 4.69) is 36.7 Å². The number of likely N-dealkylation sites (N-methyl/N-ethyl adjacent to an activating group) is 1. The molecule has 20 heavy (non-hydrogen) atoms. The van der Waals surface area contributed by atoms with E-state index in [1.165, 1.54) is 36.9 Å². The molecule has 2 rings (SSSR count). The Balaban J connectivity index is 2.19. The maximum Gasteiger partial charge on any atom is 0.0573 e. The first-order valence-corrected chi connectivity index (χ1v) is 7.97. The van der Waals surface area contributed by atoms with E-state index in [9.17, 15) is 0 Å². The van der Waals surface area contributed by atoms with Crippen LogP contribution in [0.2, 0.25) is 0 Å². The van der Waals surface area contributed by atoms with Gasteiger partial charge in [-0.25, -0.2) is 0 Å². The van der Waals surface area contributed by atoms with Crippen molar-refractivity contribution in [2.75, 3.05) is 13.1 Å². The molecule has 0 amide bonds. The third kappa shape index (κ3) is 3.21. The van der Waals surface area contributed by atoms with Gasteiger partial charge in [0.25, 0.3) is 0 Å². The summed E-state index contributed by atoms with van der Waals surface area (Å²) >= 11 is 0. The first-order chi connectivity index (χ1) is 9.61. The number of aryl methyl sites for hydroxylation is 1. The average molecular weight is 275 g/mol. The van der Waals surface area contributed by atoms with Crippen molar-refractivity contribution in [2.45, 2.75) is 58.5 Å². The zero-order valence-electron chi connectivity index (χ0n) is 13.2. The lowest BCUT2D eigenvalue weighted by Crippen LogP contribution is -2.55. The van der Waals surface area contributed by atoms with Crippen LogP contribution in [0.15, 0.2) is 18.3 Å². The predicted octanol–water partition coefficient (Wildman–Crippen LogP) is 3.12. The molecule has 112 valence electrons. The maximum absolute atomic E-state index is 6.21. The maximum atomic E-state index is 6.21. The number of nitrogens with two attached hydrogens (primary N) is 1. The smallest absolute Gasteiger partial charge is 0.0573 e. The summed E-state index contributed by atoms with van der Waals surface area (Å²) < 4.78 is 0. The lowest BCUT2D eigenvalue weighted by Gasteiger charge is -2.47. The monoisotopic (exact) mass is 275 g/mol. The van der Waals surface area contributed by atoms with E-state index in [1.54, 1.807) is 0 Å². The lowest BCUT2D eigenvalue weighted by molar-refractivity contribution is 0.0356. The second-order valence-corrected chi connectivity index (χ2v) is 6.41. The van der Waals surface area contributed by atoms with E-state index in [1.807, 2.05) is 12.3 Å². The molecule has 2 N–H and O–H groups in total.